The summed E-state index contributed by atoms with van der Waals surface area (Å²) in [6.07, 6.45) is 2.25. The number of benzene rings is 1. The van der Waals surface area contributed by atoms with Crippen molar-refractivity contribution in [2.45, 2.75) is 6.04 Å². The minimum absolute atomic E-state index is 0.00111. The maximum atomic E-state index is 13.0. The molecule has 0 aliphatic heterocycles. The minimum Gasteiger partial charge on any atom is -0.320 e. The number of hydrogen-bond donors (Lipinski definition) is 1. The lowest BCUT2D eigenvalue weighted by Crippen LogP contribution is -2.13. The second-order valence-corrected chi connectivity index (χ2v) is 3.71. The third kappa shape index (κ3) is 2.33. The Morgan fingerprint density at radius 1 is 0.889 bits per heavy atom. The summed E-state index contributed by atoms with van der Waals surface area (Å²) < 4.78 is 51.8. The molecule has 0 bridgehead atoms. The quantitative estimate of drug-likeness (QED) is 0.662. The largest absolute Gasteiger partial charge is 0.320 e. The van der Waals surface area contributed by atoms with Gasteiger partial charge in [0.1, 0.15) is 5.82 Å². The van der Waals surface area contributed by atoms with E-state index in [0.717, 1.165) is 24.4 Å². The van der Waals surface area contributed by atoms with Gasteiger partial charge in [-0.2, -0.15) is 0 Å². The summed E-state index contributed by atoms with van der Waals surface area (Å²) in [5.41, 5.74) is 5.95. The molecule has 1 unspecified atom stereocenters. The second-order valence-electron chi connectivity index (χ2n) is 3.71. The summed E-state index contributed by atoms with van der Waals surface area (Å²) >= 11 is 0. The Bertz CT molecular complexity index is 563. The van der Waals surface area contributed by atoms with E-state index in [4.69, 9.17) is 5.73 Å². The zero-order valence-corrected chi connectivity index (χ0v) is 9.00. The fourth-order valence-electron chi connectivity index (χ4n) is 1.55. The van der Waals surface area contributed by atoms with Crippen LogP contribution in [0.15, 0.2) is 30.6 Å². The number of rotatable bonds is 2. The maximum absolute atomic E-state index is 13.0. The van der Waals surface area contributed by atoms with Crippen LogP contribution in [0.25, 0.3) is 0 Å². The molecule has 0 aliphatic rings. The molecule has 2 aromatic rings. The van der Waals surface area contributed by atoms with Crippen LogP contribution in [0.1, 0.15) is 17.2 Å². The molecular weight excluding hydrogens is 248 g/mol. The lowest BCUT2D eigenvalue weighted by molar-refractivity contribution is 0.444. The van der Waals surface area contributed by atoms with Crippen LogP contribution in [-0.2, 0) is 0 Å². The summed E-state index contributed by atoms with van der Waals surface area (Å²) in [5.74, 6) is -4.87. The van der Waals surface area contributed by atoms with Crippen molar-refractivity contribution in [3.05, 3.63) is 65.0 Å². The Hall–Kier alpha value is -1.95. The Morgan fingerprint density at radius 3 is 2.06 bits per heavy atom. The molecule has 1 aromatic heterocycles. The van der Waals surface area contributed by atoms with E-state index in [1.54, 1.807) is 0 Å². The van der Waals surface area contributed by atoms with Gasteiger partial charge in [-0.1, -0.05) is 0 Å². The molecule has 0 saturated heterocycles. The van der Waals surface area contributed by atoms with Gasteiger partial charge in [0.25, 0.3) is 0 Å². The van der Waals surface area contributed by atoms with Gasteiger partial charge in [0.2, 0.25) is 0 Å². The number of nitrogens with two attached hydrogens (primary N) is 1. The molecule has 6 heteroatoms. The molecule has 18 heavy (non-hydrogen) atoms. The van der Waals surface area contributed by atoms with Gasteiger partial charge in [0.15, 0.2) is 17.5 Å². The zero-order valence-electron chi connectivity index (χ0n) is 9.00. The van der Waals surface area contributed by atoms with Crippen LogP contribution in [0.4, 0.5) is 17.6 Å². The topological polar surface area (TPSA) is 38.9 Å². The molecule has 0 amide bonds. The summed E-state index contributed by atoms with van der Waals surface area (Å²) in [5, 5.41) is 0. The van der Waals surface area contributed by atoms with Crippen molar-refractivity contribution >= 4 is 0 Å². The molecule has 0 aliphatic carbocycles. The molecule has 94 valence electrons. The van der Waals surface area contributed by atoms with Gasteiger partial charge in [0, 0.05) is 6.20 Å². The fourth-order valence-corrected chi connectivity index (χ4v) is 1.55. The number of pyridine rings is 1. The third-order valence-corrected chi connectivity index (χ3v) is 2.45. The van der Waals surface area contributed by atoms with E-state index in [1.807, 2.05) is 0 Å². The molecule has 2 rings (SSSR count). The highest BCUT2D eigenvalue weighted by Gasteiger charge is 2.16. The van der Waals surface area contributed by atoms with E-state index in [2.05, 4.69) is 4.98 Å². The van der Waals surface area contributed by atoms with Crippen molar-refractivity contribution in [3.63, 3.8) is 0 Å². The average molecular weight is 256 g/mol. The molecule has 0 fully saturated rings. The first-order chi connectivity index (χ1) is 8.49. The molecule has 0 spiro atoms. The van der Waals surface area contributed by atoms with Crippen LogP contribution in [0, 0.1) is 23.3 Å². The first kappa shape index (κ1) is 12.5. The highest BCUT2D eigenvalue weighted by molar-refractivity contribution is 5.31. The van der Waals surface area contributed by atoms with Gasteiger partial charge in [-0.25, -0.2) is 17.6 Å². The lowest BCUT2D eigenvalue weighted by Gasteiger charge is -2.12. The normalized spacial score (nSPS) is 12.5. The van der Waals surface area contributed by atoms with E-state index in [-0.39, 0.29) is 11.1 Å². The predicted octanol–water partition coefficient (Wildman–Crippen LogP) is 2.69. The Kier molecular flexibility index (Phi) is 3.29. The smallest absolute Gasteiger partial charge is 0.194 e. The van der Waals surface area contributed by atoms with Crippen LogP contribution in [0.5, 0.6) is 0 Å². The highest BCUT2D eigenvalue weighted by atomic mass is 19.2. The van der Waals surface area contributed by atoms with Gasteiger partial charge in [-0.05, 0) is 29.3 Å². The maximum Gasteiger partial charge on any atom is 0.194 e. The van der Waals surface area contributed by atoms with Gasteiger partial charge in [-0.15, -0.1) is 0 Å². The van der Waals surface area contributed by atoms with Gasteiger partial charge < -0.3 is 5.73 Å². The van der Waals surface area contributed by atoms with Crippen LogP contribution >= 0.6 is 0 Å². The Balaban J connectivity index is 2.43. The van der Waals surface area contributed by atoms with Crippen LogP contribution in [-0.4, -0.2) is 4.98 Å². The van der Waals surface area contributed by atoms with Crippen molar-refractivity contribution in [3.8, 4) is 0 Å². The first-order valence-corrected chi connectivity index (χ1v) is 4.99. The van der Waals surface area contributed by atoms with Crippen LogP contribution < -0.4 is 5.73 Å². The highest BCUT2D eigenvalue weighted by Crippen LogP contribution is 2.23. The second kappa shape index (κ2) is 4.73. The monoisotopic (exact) mass is 256 g/mol. The van der Waals surface area contributed by atoms with Crippen molar-refractivity contribution in [2.75, 3.05) is 0 Å². The number of hydrogen-bond acceptors (Lipinski definition) is 2. The molecule has 0 radical (unpaired) electrons. The average Bonchev–Trinajstić information content (AvgIpc) is 2.34. The molecular formula is C12H8F4N2. The van der Waals surface area contributed by atoms with E-state index < -0.39 is 29.3 Å². The van der Waals surface area contributed by atoms with Gasteiger partial charge in [-0.3, -0.25) is 4.98 Å². The van der Waals surface area contributed by atoms with Crippen molar-refractivity contribution in [1.29, 1.82) is 0 Å². The van der Waals surface area contributed by atoms with E-state index in [0.29, 0.717) is 0 Å². The summed E-state index contributed by atoms with van der Waals surface area (Å²) in [6.45, 7) is 0. The minimum atomic E-state index is -1.57. The van der Waals surface area contributed by atoms with Crippen molar-refractivity contribution < 1.29 is 17.6 Å². The molecule has 2 N–H and O–H groups in total. The Labute approximate surface area is 100 Å². The lowest BCUT2D eigenvalue weighted by atomic mass is 10.0. The zero-order chi connectivity index (χ0) is 13.3. The summed E-state index contributed by atoms with van der Waals surface area (Å²) in [4.78, 5) is 3.58. The predicted molar refractivity (Wildman–Crippen MR) is 56.5 cm³/mol. The Morgan fingerprint density at radius 2 is 1.50 bits per heavy atom. The van der Waals surface area contributed by atoms with Gasteiger partial charge in [0.05, 0.1) is 12.2 Å². The molecule has 1 aromatic carbocycles. The van der Waals surface area contributed by atoms with E-state index in [9.17, 15) is 17.6 Å². The SMILES string of the molecule is NC(c1cncc(F)c1)c1cc(F)c(F)c(F)c1. The van der Waals surface area contributed by atoms with Gasteiger partial charge >= 0.3 is 0 Å². The van der Waals surface area contributed by atoms with Crippen molar-refractivity contribution in [2.24, 2.45) is 5.73 Å². The molecule has 1 heterocycles. The fraction of sp³-hybridized carbons (Fsp3) is 0.0833. The van der Waals surface area contributed by atoms with Crippen molar-refractivity contribution in [1.82, 2.24) is 4.98 Å². The summed E-state index contributed by atoms with van der Waals surface area (Å²) in [7, 11) is 0. The number of halogens is 4. The first-order valence-electron chi connectivity index (χ1n) is 4.99. The number of nitrogens with zero attached hydrogens (tertiary/aromatic N) is 1. The van der Waals surface area contributed by atoms with Crippen LogP contribution in [0.3, 0.4) is 0 Å². The summed E-state index contributed by atoms with van der Waals surface area (Å²) in [6, 6.07) is 1.65. The number of aromatic nitrogens is 1. The van der Waals surface area contributed by atoms with Crippen LogP contribution in [0.2, 0.25) is 0 Å². The standard InChI is InChI=1S/C12H8F4N2/c13-8-1-7(4-18-5-8)12(17)6-2-9(14)11(16)10(15)3-6/h1-5,12H,17H2. The molecule has 2 nitrogen and oxygen atoms in total. The van der Waals surface area contributed by atoms with E-state index in [1.165, 1.54) is 6.20 Å². The molecule has 0 saturated carbocycles. The molecule has 1 atom stereocenters. The van der Waals surface area contributed by atoms with E-state index >= 15 is 0 Å². The third-order valence-electron chi connectivity index (χ3n) is 2.45.